The van der Waals surface area contributed by atoms with Gasteiger partial charge in [-0.15, -0.1) is 5.10 Å². The van der Waals surface area contributed by atoms with Crippen molar-refractivity contribution in [2.75, 3.05) is 38.2 Å². The summed E-state index contributed by atoms with van der Waals surface area (Å²) in [7, 11) is -2.10. The Balaban J connectivity index is 1.78. The van der Waals surface area contributed by atoms with Crippen LogP contribution < -0.4 is 9.64 Å². The van der Waals surface area contributed by atoms with Crippen molar-refractivity contribution in [1.82, 2.24) is 14.5 Å². The lowest BCUT2D eigenvalue weighted by atomic mass is 10.2. The van der Waals surface area contributed by atoms with E-state index >= 15 is 0 Å². The maximum absolute atomic E-state index is 12.9. The molecule has 0 aliphatic carbocycles. The molecule has 2 heterocycles. The Bertz CT molecular complexity index is 803. The van der Waals surface area contributed by atoms with Crippen molar-refractivity contribution in [2.45, 2.75) is 11.8 Å². The molecule has 0 unspecified atom stereocenters. The number of methoxy groups -OCH3 is 1. The van der Waals surface area contributed by atoms with Gasteiger partial charge >= 0.3 is 0 Å². The highest BCUT2D eigenvalue weighted by Crippen LogP contribution is 2.28. The molecule has 3 rings (SSSR count). The molecule has 0 spiro atoms. The van der Waals surface area contributed by atoms with E-state index in [0.29, 0.717) is 31.9 Å². The lowest BCUT2D eigenvalue weighted by Crippen LogP contribution is -2.49. The molecule has 1 aliphatic rings. The molecule has 8 heteroatoms. The van der Waals surface area contributed by atoms with E-state index in [-0.39, 0.29) is 4.90 Å². The van der Waals surface area contributed by atoms with Gasteiger partial charge in [0, 0.05) is 32.4 Å². The second-order valence-electron chi connectivity index (χ2n) is 5.63. The second kappa shape index (κ2) is 6.74. The van der Waals surface area contributed by atoms with Crippen molar-refractivity contribution in [3.63, 3.8) is 0 Å². The van der Waals surface area contributed by atoms with E-state index in [1.54, 1.807) is 24.4 Å². The zero-order valence-electron chi connectivity index (χ0n) is 13.7. The largest absolute Gasteiger partial charge is 0.495 e. The van der Waals surface area contributed by atoms with Crippen molar-refractivity contribution in [2.24, 2.45) is 0 Å². The summed E-state index contributed by atoms with van der Waals surface area (Å²) >= 11 is 0. The SMILES string of the molecule is COc1cc(C)ccc1S(=O)(=O)N1CCN(c2cccnn2)CC1. The fourth-order valence-corrected chi connectivity index (χ4v) is 4.31. The zero-order chi connectivity index (χ0) is 17.2. The second-order valence-corrected chi connectivity index (χ2v) is 7.53. The first kappa shape index (κ1) is 16.7. The Morgan fingerprint density at radius 3 is 2.50 bits per heavy atom. The summed E-state index contributed by atoms with van der Waals surface area (Å²) in [6.07, 6.45) is 1.62. The minimum Gasteiger partial charge on any atom is -0.495 e. The number of ether oxygens (including phenoxy) is 1. The number of aryl methyl sites for hydroxylation is 1. The normalized spacial score (nSPS) is 16.2. The molecule has 24 heavy (non-hydrogen) atoms. The van der Waals surface area contributed by atoms with E-state index < -0.39 is 10.0 Å². The fourth-order valence-electron chi connectivity index (χ4n) is 2.75. The van der Waals surface area contributed by atoms with Gasteiger partial charge in [-0.2, -0.15) is 9.40 Å². The molecule has 2 aromatic rings. The molecule has 1 aliphatic heterocycles. The summed E-state index contributed by atoms with van der Waals surface area (Å²) < 4.78 is 32.6. The monoisotopic (exact) mass is 348 g/mol. The van der Waals surface area contributed by atoms with Crippen molar-refractivity contribution < 1.29 is 13.2 Å². The first-order chi connectivity index (χ1) is 11.5. The van der Waals surface area contributed by atoms with E-state index in [1.807, 2.05) is 24.0 Å². The van der Waals surface area contributed by atoms with Gasteiger partial charge in [-0.25, -0.2) is 8.42 Å². The number of nitrogens with zero attached hydrogens (tertiary/aromatic N) is 4. The van der Waals surface area contributed by atoms with Crippen LogP contribution in [0.3, 0.4) is 0 Å². The first-order valence-corrected chi connectivity index (χ1v) is 9.14. The number of hydrogen-bond acceptors (Lipinski definition) is 6. The summed E-state index contributed by atoms with van der Waals surface area (Å²) in [5, 5.41) is 7.94. The molecule has 1 aromatic heterocycles. The molecule has 0 amide bonds. The Labute approximate surface area is 141 Å². The van der Waals surface area contributed by atoms with Gasteiger partial charge in [0.1, 0.15) is 10.6 Å². The van der Waals surface area contributed by atoms with Crippen LogP contribution in [0.15, 0.2) is 41.4 Å². The average Bonchev–Trinajstić information content (AvgIpc) is 2.62. The van der Waals surface area contributed by atoms with Gasteiger partial charge in [0.2, 0.25) is 10.0 Å². The summed E-state index contributed by atoms with van der Waals surface area (Å²) in [5.41, 5.74) is 0.957. The maximum Gasteiger partial charge on any atom is 0.246 e. The van der Waals surface area contributed by atoms with Crippen LogP contribution in [-0.2, 0) is 10.0 Å². The number of aromatic nitrogens is 2. The fraction of sp³-hybridized carbons (Fsp3) is 0.375. The van der Waals surface area contributed by atoms with Gasteiger partial charge < -0.3 is 9.64 Å². The first-order valence-electron chi connectivity index (χ1n) is 7.70. The number of piperazine rings is 1. The van der Waals surface area contributed by atoms with E-state index in [1.165, 1.54) is 11.4 Å². The van der Waals surface area contributed by atoms with Crippen LogP contribution in [-0.4, -0.2) is 56.2 Å². The highest BCUT2D eigenvalue weighted by atomic mass is 32.2. The van der Waals surface area contributed by atoms with E-state index in [2.05, 4.69) is 10.2 Å². The Hall–Kier alpha value is -2.19. The molecule has 0 radical (unpaired) electrons. The van der Waals surface area contributed by atoms with Crippen LogP contribution in [0.2, 0.25) is 0 Å². The standard InChI is InChI=1S/C16H20N4O3S/c1-13-5-6-15(14(12-13)23-2)24(21,22)20-10-8-19(9-11-20)16-4-3-7-17-18-16/h3-7,12H,8-11H2,1-2H3. The van der Waals surface area contributed by atoms with Gasteiger partial charge in [-0.05, 0) is 36.8 Å². The quantitative estimate of drug-likeness (QED) is 0.829. The van der Waals surface area contributed by atoms with Gasteiger partial charge in [0.15, 0.2) is 5.82 Å². The molecule has 128 valence electrons. The van der Waals surface area contributed by atoms with Crippen LogP contribution in [0.1, 0.15) is 5.56 Å². The van der Waals surface area contributed by atoms with Gasteiger partial charge in [0.25, 0.3) is 0 Å². The van der Waals surface area contributed by atoms with Crippen LogP contribution in [0, 0.1) is 6.92 Å². The number of sulfonamides is 1. The minimum atomic E-state index is -3.58. The van der Waals surface area contributed by atoms with Crippen molar-refractivity contribution in [1.29, 1.82) is 0 Å². The number of rotatable bonds is 4. The maximum atomic E-state index is 12.9. The van der Waals surface area contributed by atoms with Crippen molar-refractivity contribution in [3.05, 3.63) is 42.1 Å². The van der Waals surface area contributed by atoms with Crippen LogP contribution >= 0.6 is 0 Å². The summed E-state index contributed by atoms with van der Waals surface area (Å²) in [6, 6.07) is 8.83. The molecule has 1 saturated heterocycles. The molecule has 7 nitrogen and oxygen atoms in total. The minimum absolute atomic E-state index is 0.212. The van der Waals surface area contributed by atoms with Gasteiger partial charge in [-0.1, -0.05) is 6.07 Å². The molecular formula is C16H20N4O3S. The highest BCUT2D eigenvalue weighted by molar-refractivity contribution is 7.89. The third-order valence-corrected chi connectivity index (χ3v) is 6.00. The van der Waals surface area contributed by atoms with Gasteiger partial charge in [-0.3, -0.25) is 0 Å². The molecule has 0 atom stereocenters. The average molecular weight is 348 g/mol. The van der Waals surface area contributed by atoms with E-state index in [4.69, 9.17) is 4.74 Å². The highest BCUT2D eigenvalue weighted by Gasteiger charge is 2.31. The third kappa shape index (κ3) is 3.20. The molecule has 0 saturated carbocycles. The van der Waals surface area contributed by atoms with Crippen molar-refractivity contribution in [3.8, 4) is 5.75 Å². The van der Waals surface area contributed by atoms with Crippen LogP contribution in [0.25, 0.3) is 0 Å². The molecule has 1 aromatic carbocycles. The van der Waals surface area contributed by atoms with Crippen molar-refractivity contribution >= 4 is 15.8 Å². The van der Waals surface area contributed by atoms with Crippen LogP contribution in [0.4, 0.5) is 5.82 Å². The zero-order valence-corrected chi connectivity index (χ0v) is 14.5. The Morgan fingerprint density at radius 2 is 1.88 bits per heavy atom. The summed E-state index contributed by atoms with van der Waals surface area (Å²) in [6.45, 7) is 3.85. The molecule has 0 N–H and O–H groups in total. The summed E-state index contributed by atoms with van der Waals surface area (Å²) in [4.78, 5) is 2.24. The predicted molar refractivity (Wildman–Crippen MR) is 90.7 cm³/mol. The Kier molecular flexibility index (Phi) is 4.68. The Morgan fingerprint density at radius 1 is 1.12 bits per heavy atom. The lowest BCUT2D eigenvalue weighted by Gasteiger charge is -2.34. The van der Waals surface area contributed by atoms with Crippen LogP contribution in [0.5, 0.6) is 5.75 Å². The smallest absolute Gasteiger partial charge is 0.246 e. The number of hydrogen-bond donors (Lipinski definition) is 0. The van der Waals surface area contributed by atoms with E-state index in [0.717, 1.165) is 11.4 Å². The topological polar surface area (TPSA) is 75.6 Å². The molecule has 0 bridgehead atoms. The lowest BCUT2D eigenvalue weighted by molar-refractivity contribution is 0.373. The molecule has 1 fully saturated rings. The predicted octanol–water partition coefficient (Wildman–Crippen LogP) is 1.30. The number of benzene rings is 1. The summed E-state index contributed by atoms with van der Waals surface area (Å²) in [5.74, 6) is 1.15. The number of anilines is 1. The molecular weight excluding hydrogens is 328 g/mol. The third-order valence-electron chi connectivity index (χ3n) is 4.06. The van der Waals surface area contributed by atoms with E-state index in [9.17, 15) is 8.42 Å². The van der Waals surface area contributed by atoms with Gasteiger partial charge in [0.05, 0.1) is 7.11 Å².